The first-order valence-corrected chi connectivity index (χ1v) is 7.25. The summed E-state index contributed by atoms with van der Waals surface area (Å²) in [6.45, 7) is 2.28. The summed E-state index contributed by atoms with van der Waals surface area (Å²) in [4.78, 5) is 11.8. The lowest BCUT2D eigenvalue weighted by Crippen LogP contribution is -2.15. The number of benzene rings is 2. The van der Waals surface area contributed by atoms with Crippen molar-refractivity contribution in [3.05, 3.63) is 58.1 Å². The first-order valence-electron chi connectivity index (χ1n) is 6.49. The minimum Gasteiger partial charge on any atom is -0.493 e. The molecule has 0 aliphatic rings. The number of ether oxygens (including phenoxy) is 1. The van der Waals surface area contributed by atoms with Gasteiger partial charge in [0.25, 0.3) is 0 Å². The summed E-state index contributed by atoms with van der Waals surface area (Å²) in [7, 11) is 0. The van der Waals surface area contributed by atoms with Crippen LogP contribution >= 0.6 is 23.2 Å². The Morgan fingerprint density at radius 2 is 1.90 bits per heavy atom. The molecule has 0 spiro atoms. The molecule has 0 heterocycles. The van der Waals surface area contributed by atoms with Crippen LogP contribution in [0.4, 0.5) is 5.69 Å². The van der Waals surface area contributed by atoms with E-state index in [-0.39, 0.29) is 12.3 Å². The zero-order valence-corrected chi connectivity index (χ0v) is 13.0. The highest BCUT2D eigenvalue weighted by atomic mass is 35.5. The highest BCUT2D eigenvalue weighted by Crippen LogP contribution is 2.25. The molecule has 2 aromatic carbocycles. The van der Waals surface area contributed by atoms with Crippen LogP contribution < -0.4 is 10.1 Å². The summed E-state index contributed by atoms with van der Waals surface area (Å²) in [6, 6.07) is 12.6. The average molecular weight is 324 g/mol. The molecule has 1 N–H and O–H groups in total. The van der Waals surface area contributed by atoms with Crippen molar-refractivity contribution in [2.75, 3.05) is 11.9 Å². The fraction of sp³-hybridized carbons (Fsp3) is 0.188. The number of amides is 1. The minimum atomic E-state index is -0.137. The molecular formula is C16H15Cl2NO2. The molecule has 2 aromatic rings. The number of hydrogen-bond acceptors (Lipinski definition) is 2. The number of aryl methyl sites for hydroxylation is 1. The maximum Gasteiger partial charge on any atom is 0.227 e. The first-order chi connectivity index (χ1) is 10.1. The normalized spacial score (nSPS) is 10.2. The Hall–Kier alpha value is -1.71. The number of carbonyl (C=O) groups is 1. The Morgan fingerprint density at radius 1 is 1.14 bits per heavy atom. The Labute approximate surface area is 133 Å². The molecular weight excluding hydrogens is 309 g/mol. The second-order valence-corrected chi connectivity index (χ2v) is 5.36. The Kier molecular flexibility index (Phi) is 5.48. The summed E-state index contributed by atoms with van der Waals surface area (Å²) in [5.41, 5.74) is 1.66. The number of nitrogens with one attached hydrogen (secondary N) is 1. The second-order valence-electron chi connectivity index (χ2n) is 4.54. The lowest BCUT2D eigenvalue weighted by Gasteiger charge is -2.09. The molecule has 0 unspecified atom stereocenters. The summed E-state index contributed by atoms with van der Waals surface area (Å²) < 4.78 is 5.58. The van der Waals surface area contributed by atoms with Gasteiger partial charge in [-0.2, -0.15) is 0 Å². The Balaban J connectivity index is 1.82. The zero-order valence-electron chi connectivity index (χ0n) is 11.5. The van der Waals surface area contributed by atoms with E-state index in [9.17, 15) is 4.79 Å². The molecule has 0 bridgehead atoms. The van der Waals surface area contributed by atoms with Gasteiger partial charge in [0.1, 0.15) is 5.75 Å². The van der Waals surface area contributed by atoms with Gasteiger partial charge in [0.05, 0.1) is 23.1 Å². The minimum absolute atomic E-state index is 0.137. The average Bonchev–Trinajstić information content (AvgIpc) is 2.45. The molecule has 1 amide bonds. The summed E-state index contributed by atoms with van der Waals surface area (Å²) >= 11 is 11.7. The maximum absolute atomic E-state index is 11.8. The van der Waals surface area contributed by atoms with Gasteiger partial charge in [-0.1, -0.05) is 41.4 Å². The molecule has 21 heavy (non-hydrogen) atoms. The Bertz CT molecular complexity index is 644. The van der Waals surface area contributed by atoms with Crippen molar-refractivity contribution >= 4 is 34.8 Å². The van der Waals surface area contributed by atoms with Crippen molar-refractivity contribution in [2.45, 2.75) is 13.3 Å². The Morgan fingerprint density at radius 3 is 2.62 bits per heavy atom. The highest BCUT2D eigenvalue weighted by molar-refractivity contribution is 6.42. The highest BCUT2D eigenvalue weighted by Gasteiger charge is 2.06. The summed E-state index contributed by atoms with van der Waals surface area (Å²) in [5.74, 6) is 0.654. The van der Waals surface area contributed by atoms with Crippen LogP contribution in [0.5, 0.6) is 5.75 Å². The molecule has 0 atom stereocenters. The number of anilines is 1. The molecule has 0 aliphatic carbocycles. The van der Waals surface area contributed by atoms with Gasteiger partial charge in [-0.15, -0.1) is 0 Å². The van der Waals surface area contributed by atoms with E-state index in [1.807, 2.05) is 31.2 Å². The third-order valence-corrected chi connectivity index (χ3v) is 3.62. The van der Waals surface area contributed by atoms with Crippen LogP contribution in [0, 0.1) is 6.92 Å². The second kappa shape index (κ2) is 7.34. The lowest BCUT2D eigenvalue weighted by atomic mass is 10.2. The molecule has 2 rings (SSSR count). The van der Waals surface area contributed by atoms with Gasteiger partial charge in [-0.05, 0) is 36.8 Å². The van der Waals surface area contributed by atoms with Crippen molar-refractivity contribution in [3.63, 3.8) is 0 Å². The molecule has 0 radical (unpaired) electrons. The number of hydrogen-bond donors (Lipinski definition) is 1. The van der Waals surface area contributed by atoms with E-state index < -0.39 is 0 Å². The van der Waals surface area contributed by atoms with Crippen molar-refractivity contribution in [1.29, 1.82) is 0 Å². The predicted molar refractivity (Wildman–Crippen MR) is 86.4 cm³/mol. The maximum atomic E-state index is 11.8. The van der Waals surface area contributed by atoms with Crippen molar-refractivity contribution < 1.29 is 9.53 Å². The van der Waals surface area contributed by atoms with E-state index in [1.165, 1.54) is 0 Å². The van der Waals surface area contributed by atoms with Gasteiger partial charge in [-0.25, -0.2) is 0 Å². The largest absolute Gasteiger partial charge is 0.493 e. The van der Waals surface area contributed by atoms with Gasteiger partial charge in [0, 0.05) is 5.69 Å². The van der Waals surface area contributed by atoms with Gasteiger partial charge in [0.2, 0.25) is 5.91 Å². The standard InChI is InChI=1S/C16H15Cl2NO2/c1-11-4-2-3-5-15(11)21-9-8-16(20)19-12-6-7-13(17)14(18)10-12/h2-7,10H,8-9H2,1H3,(H,19,20). The van der Waals surface area contributed by atoms with E-state index in [4.69, 9.17) is 27.9 Å². The smallest absolute Gasteiger partial charge is 0.227 e. The molecule has 0 aromatic heterocycles. The van der Waals surface area contributed by atoms with Crippen LogP contribution in [0.15, 0.2) is 42.5 Å². The number of halogens is 2. The molecule has 0 aliphatic heterocycles. The van der Waals surface area contributed by atoms with Crippen molar-refractivity contribution in [1.82, 2.24) is 0 Å². The fourth-order valence-corrected chi connectivity index (χ4v) is 2.07. The van der Waals surface area contributed by atoms with E-state index in [0.29, 0.717) is 22.3 Å². The fourth-order valence-electron chi connectivity index (χ4n) is 1.77. The van der Waals surface area contributed by atoms with Gasteiger partial charge < -0.3 is 10.1 Å². The van der Waals surface area contributed by atoms with Crippen LogP contribution in [-0.2, 0) is 4.79 Å². The molecule has 0 saturated carbocycles. The monoisotopic (exact) mass is 323 g/mol. The number of rotatable bonds is 5. The van der Waals surface area contributed by atoms with Gasteiger partial charge in [-0.3, -0.25) is 4.79 Å². The molecule has 3 nitrogen and oxygen atoms in total. The van der Waals surface area contributed by atoms with Crippen LogP contribution in [0.25, 0.3) is 0 Å². The SMILES string of the molecule is Cc1ccccc1OCCC(=O)Nc1ccc(Cl)c(Cl)c1. The van der Waals surface area contributed by atoms with E-state index >= 15 is 0 Å². The first kappa shape index (κ1) is 15.7. The molecule has 5 heteroatoms. The summed E-state index contributed by atoms with van der Waals surface area (Å²) in [6.07, 6.45) is 0.259. The molecule has 110 valence electrons. The lowest BCUT2D eigenvalue weighted by molar-refractivity contribution is -0.116. The quantitative estimate of drug-likeness (QED) is 0.865. The summed E-state index contributed by atoms with van der Waals surface area (Å²) in [5, 5.41) is 3.61. The van der Waals surface area contributed by atoms with E-state index in [0.717, 1.165) is 11.3 Å². The topological polar surface area (TPSA) is 38.3 Å². The van der Waals surface area contributed by atoms with E-state index in [2.05, 4.69) is 5.32 Å². The third kappa shape index (κ3) is 4.66. The van der Waals surface area contributed by atoms with Crippen LogP contribution in [0.1, 0.15) is 12.0 Å². The van der Waals surface area contributed by atoms with Crippen molar-refractivity contribution in [2.24, 2.45) is 0 Å². The molecule has 0 saturated heterocycles. The predicted octanol–water partition coefficient (Wildman–Crippen LogP) is 4.71. The van der Waals surface area contributed by atoms with Crippen LogP contribution in [0.3, 0.4) is 0 Å². The van der Waals surface area contributed by atoms with Crippen molar-refractivity contribution in [3.8, 4) is 5.75 Å². The zero-order chi connectivity index (χ0) is 15.2. The van der Waals surface area contributed by atoms with Crippen LogP contribution in [-0.4, -0.2) is 12.5 Å². The van der Waals surface area contributed by atoms with Gasteiger partial charge >= 0.3 is 0 Å². The van der Waals surface area contributed by atoms with E-state index in [1.54, 1.807) is 18.2 Å². The third-order valence-electron chi connectivity index (χ3n) is 2.88. The van der Waals surface area contributed by atoms with Crippen LogP contribution in [0.2, 0.25) is 10.0 Å². The number of para-hydroxylation sites is 1. The molecule has 0 fully saturated rings. The number of carbonyl (C=O) groups excluding carboxylic acids is 1. The van der Waals surface area contributed by atoms with Gasteiger partial charge in [0.15, 0.2) is 0 Å².